The largest absolute Gasteiger partial charge is 0.493 e. The summed E-state index contributed by atoms with van der Waals surface area (Å²) < 4.78 is 13.3. The molecule has 0 unspecified atom stereocenters. The lowest BCUT2D eigenvalue weighted by Crippen LogP contribution is -2.38. The maximum absolute atomic E-state index is 6.18. The minimum Gasteiger partial charge on any atom is -0.493 e. The van der Waals surface area contributed by atoms with E-state index in [-0.39, 0.29) is 6.10 Å². The molecular formula is C19H23N5O2. The van der Waals surface area contributed by atoms with Crippen LogP contribution in [0.25, 0.3) is 5.65 Å². The van der Waals surface area contributed by atoms with Crippen molar-refractivity contribution in [2.45, 2.75) is 32.3 Å². The molecule has 3 heterocycles. The van der Waals surface area contributed by atoms with Crippen LogP contribution in [0.4, 0.5) is 5.69 Å². The second-order valence-corrected chi connectivity index (χ2v) is 6.43. The molecule has 4 rings (SSSR count). The summed E-state index contributed by atoms with van der Waals surface area (Å²) in [7, 11) is 1.67. The first-order valence-corrected chi connectivity index (χ1v) is 9.03. The van der Waals surface area contributed by atoms with Crippen molar-refractivity contribution >= 4 is 11.3 Å². The van der Waals surface area contributed by atoms with Gasteiger partial charge in [0.1, 0.15) is 12.4 Å². The van der Waals surface area contributed by atoms with Crippen LogP contribution in [0.1, 0.15) is 25.5 Å². The summed E-state index contributed by atoms with van der Waals surface area (Å²) in [5.74, 6) is 1.59. The molecule has 0 bridgehead atoms. The van der Waals surface area contributed by atoms with E-state index in [1.165, 1.54) is 0 Å². The second kappa shape index (κ2) is 7.19. The third-order valence-electron chi connectivity index (χ3n) is 4.81. The minimum absolute atomic E-state index is 0.184. The molecule has 3 aromatic rings. The molecular weight excluding hydrogens is 330 g/mol. The monoisotopic (exact) mass is 353 g/mol. The van der Waals surface area contributed by atoms with Crippen molar-refractivity contribution in [3.63, 3.8) is 0 Å². The van der Waals surface area contributed by atoms with Crippen LogP contribution in [0.15, 0.2) is 36.7 Å². The highest BCUT2D eigenvalue weighted by Crippen LogP contribution is 2.30. The number of benzene rings is 1. The van der Waals surface area contributed by atoms with E-state index in [9.17, 15) is 0 Å². The molecule has 26 heavy (non-hydrogen) atoms. The van der Waals surface area contributed by atoms with Crippen molar-refractivity contribution in [3.8, 4) is 11.5 Å². The number of piperidine rings is 1. The number of hydrogen-bond donors (Lipinski definition) is 0. The van der Waals surface area contributed by atoms with Crippen LogP contribution in [0.5, 0.6) is 11.5 Å². The number of fused-ring (bicyclic) bond motifs is 1. The fourth-order valence-electron chi connectivity index (χ4n) is 3.38. The Balaban J connectivity index is 1.48. The Morgan fingerprint density at radius 2 is 1.92 bits per heavy atom. The van der Waals surface area contributed by atoms with E-state index in [0.29, 0.717) is 0 Å². The Kier molecular flexibility index (Phi) is 4.60. The molecule has 136 valence electrons. The Hall–Kier alpha value is -2.83. The van der Waals surface area contributed by atoms with Crippen molar-refractivity contribution in [2.75, 3.05) is 25.1 Å². The number of anilines is 1. The molecule has 0 spiro atoms. The van der Waals surface area contributed by atoms with Gasteiger partial charge in [-0.1, -0.05) is 19.1 Å². The van der Waals surface area contributed by atoms with Crippen LogP contribution in [-0.4, -0.2) is 46.1 Å². The Morgan fingerprint density at radius 1 is 1.15 bits per heavy atom. The fourth-order valence-corrected chi connectivity index (χ4v) is 3.38. The van der Waals surface area contributed by atoms with E-state index < -0.39 is 0 Å². The molecule has 1 fully saturated rings. The van der Waals surface area contributed by atoms with Crippen molar-refractivity contribution in [1.29, 1.82) is 0 Å². The van der Waals surface area contributed by atoms with Crippen LogP contribution in [0, 0.1) is 0 Å². The lowest BCUT2D eigenvalue weighted by molar-refractivity contribution is 0.164. The molecule has 2 aromatic heterocycles. The maximum Gasteiger partial charge on any atom is 0.200 e. The molecule has 1 aliphatic rings. The van der Waals surface area contributed by atoms with Gasteiger partial charge in [0.2, 0.25) is 5.65 Å². The number of aryl methyl sites for hydroxylation is 1. The average molecular weight is 353 g/mol. The van der Waals surface area contributed by atoms with Gasteiger partial charge in [-0.3, -0.25) is 0 Å². The molecule has 0 radical (unpaired) electrons. The van der Waals surface area contributed by atoms with Gasteiger partial charge in [-0.05, 0) is 24.6 Å². The van der Waals surface area contributed by atoms with Crippen LogP contribution in [0.3, 0.4) is 0 Å². The van der Waals surface area contributed by atoms with Gasteiger partial charge in [-0.15, -0.1) is 10.2 Å². The van der Waals surface area contributed by atoms with E-state index >= 15 is 0 Å². The minimum atomic E-state index is 0.184. The van der Waals surface area contributed by atoms with Crippen molar-refractivity contribution in [3.05, 3.63) is 42.4 Å². The summed E-state index contributed by atoms with van der Waals surface area (Å²) in [6, 6.07) is 9.94. The van der Waals surface area contributed by atoms with Gasteiger partial charge in [0, 0.05) is 25.9 Å². The van der Waals surface area contributed by atoms with E-state index in [1.807, 2.05) is 24.3 Å². The van der Waals surface area contributed by atoms with Gasteiger partial charge in [0.15, 0.2) is 11.5 Å². The third kappa shape index (κ3) is 3.16. The molecule has 7 heteroatoms. The third-order valence-corrected chi connectivity index (χ3v) is 4.81. The highest BCUT2D eigenvalue weighted by Gasteiger charge is 2.24. The fraction of sp³-hybridized carbons (Fsp3) is 0.421. The van der Waals surface area contributed by atoms with E-state index in [0.717, 1.165) is 60.9 Å². The molecule has 1 aliphatic heterocycles. The van der Waals surface area contributed by atoms with Crippen LogP contribution in [-0.2, 0) is 6.42 Å². The van der Waals surface area contributed by atoms with Gasteiger partial charge in [-0.25, -0.2) is 0 Å². The molecule has 0 aliphatic carbocycles. The molecule has 0 amide bonds. The van der Waals surface area contributed by atoms with Gasteiger partial charge in [-0.2, -0.15) is 9.61 Å². The quantitative estimate of drug-likeness (QED) is 0.703. The normalized spacial score (nSPS) is 15.4. The van der Waals surface area contributed by atoms with E-state index in [4.69, 9.17) is 9.47 Å². The van der Waals surface area contributed by atoms with Crippen LogP contribution < -0.4 is 14.4 Å². The summed E-state index contributed by atoms with van der Waals surface area (Å²) >= 11 is 0. The predicted molar refractivity (Wildman–Crippen MR) is 99.0 cm³/mol. The highest BCUT2D eigenvalue weighted by atomic mass is 16.5. The highest BCUT2D eigenvalue weighted by molar-refractivity contribution is 5.68. The summed E-state index contributed by atoms with van der Waals surface area (Å²) in [6.45, 7) is 3.93. The summed E-state index contributed by atoms with van der Waals surface area (Å²) in [6.07, 6.45) is 4.62. The Labute approximate surface area is 152 Å². The number of nitrogens with zero attached hydrogens (tertiary/aromatic N) is 5. The SMILES string of the molecule is CCc1cc(N2CCC(Oc3ccccc3OC)CC2)c2nncn2n1. The molecule has 0 saturated carbocycles. The predicted octanol–water partition coefficient (Wildman–Crippen LogP) is 2.74. The Bertz CT molecular complexity index is 887. The number of methoxy groups -OCH3 is 1. The molecule has 1 aromatic carbocycles. The van der Waals surface area contributed by atoms with E-state index in [1.54, 1.807) is 18.0 Å². The number of rotatable bonds is 5. The summed E-state index contributed by atoms with van der Waals surface area (Å²) in [4.78, 5) is 2.35. The topological polar surface area (TPSA) is 64.8 Å². The van der Waals surface area contributed by atoms with Crippen LogP contribution in [0.2, 0.25) is 0 Å². The number of hydrogen-bond acceptors (Lipinski definition) is 6. The van der Waals surface area contributed by atoms with Crippen LogP contribution >= 0.6 is 0 Å². The zero-order valence-electron chi connectivity index (χ0n) is 15.1. The first-order valence-electron chi connectivity index (χ1n) is 9.03. The average Bonchev–Trinajstić information content (AvgIpc) is 3.17. The molecule has 0 N–H and O–H groups in total. The van der Waals surface area contributed by atoms with Crippen molar-refractivity contribution < 1.29 is 9.47 Å². The number of ether oxygens (including phenoxy) is 2. The standard InChI is InChI=1S/C19H23N5O2/c1-3-14-12-16(19-21-20-13-24(19)22-14)23-10-8-15(9-11-23)26-18-7-5-4-6-17(18)25-2/h4-7,12-13,15H,3,8-11H2,1-2H3. The Morgan fingerprint density at radius 3 is 2.65 bits per heavy atom. The maximum atomic E-state index is 6.18. The number of para-hydroxylation sites is 2. The molecule has 7 nitrogen and oxygen atoms in total. The zero-order valence-corrected chi connectivity index (χ0v) is 15.1. The van der Waals surface area contributed by atoms with Crippen molar-refractivity contribution in [1.82, 2.24) is 19.8 Å². The first-order chi connectivity index (χ1) is 12.8. The zero-order chi connectivity index (χ0) is 17.9. The first kappa shape index (κ1) is 16.6. The molecule has 0 atom stereocenters. The number of aromatic nitrogens is 4. The van der Waals surface area contributed by atoms with Gasteiger partial charge >= 0.3 is 0 Å². The summed E-state index contributed by atoms with van der Waals surface area (Å²) in [5.41, 5.74) is 2.95. The lowest BCUT2D eigenvalue weighted by Gasteiger charge is -2.34. The second-order valence-electron chi connectivity index (χ2n) is 6.43. The lowest BCUT2D eigenvalue weighted by atomic mass is 10.1. The van der Waals surface area contributed by atoms with Gasteiger partial charge < -0.3 is 14.4 Å². The van der Waals surface area contributed by atoms with E-state index in [2.05, 4.69) is 33.2 Å². The summed E-state index contributed by atoms with van der Waals surface area (Å²) in [5, 5.41) is 12.8. The van der Waals surface area contributed by atoms with Gasteiger partial charge in [0.25, 0.3) is 0 Å². The smallest absolute Gasteiger partial charge is 0.200 e. The molecule has 1 saturated heterocycles. The van der Waals surface area contributed by atoms with Gasteiger partial charge in [0.05, 0.1) is 18.5 Å². The van der Waals surface area contributed by atoms with Crippen molar-refractivity contribution in [2.24, 2.45) is 0 Å².